The average molecular weight is 390 g/mol. The molecule has 0 aromatic heterocycles. The summed E-state index contributed by atoms with van der Waals surface area (Å²) in [5.74, 6) is 0. The van der Waals surface area contributed by atoms with Crippen molar-refractivity contribution in [3.8, 4) is 0 Å². The molecule has 0 fully saturated rings. The molecular formula is C20H47N5O2. The van der Waals surface area contributed by atoms with Gasteiger partial charge in [-0.3, -0.25) is 9.80 Å². The number of rotatable bonds is 15. The molecule has 0 amide bonds. The van der Waals surface area contributed by atoms with E-state index in [1.807, 2.05) is 0 Å². The molecule has 0 aliphatic rings. The Morgan fingerprint density at radius 3 is 2.04 bits per heavy atom. The molecule has 0 saturated carbocycles. The minimum Gasteiger partial charge on any atom is -0.392 e. The highest BCUT2D eigenvalue weighted by molar-refractivity contribution is 5.01. The van der Waals surface area contributed by atoms with Gasteiger partial charge in [-0.1, -0.05) is 0 Å². The summed E-state index contributed by atoms with van der Waals surface area (Å²) in [5, 5.41) is 24.0. The van der Waals surface area contributed by atoms with Gasteiger partial charge >= 0.3 is 0 Å². The molecule has 0 aliphatic heterocycles. The van der Waals surface area contributed by atoms with E-state index >= 15 is 0 Å². The molecule has 0 saturated heterocycles. The Labute approximate surface area is 167 Å². The number of aliphatic hydroxyl groups is 2. The van der Waals surface area contributed by atoms with Crippen LogP contribution >= 0.6 is 0 Å². The van der Waals surface area contributed by atoms with Crippen molar-refractivity contribution in [1.29, 1.82) is 0 Å². The van der Waals surface area contributed by atoms with Crippen molar-refractivity contribution in [3.05, 3.63) is 0 Å². The lowest BCUT2D eigenvalue weighted by molar-refractivity contribution is 0.00588. The Bertz CT molecular complexity index is 389. The number of hydrogen-bond acceptors (Lipinski definition) is 7. The molecule has 0 radical (unpaired) electrons. The van der Waals surface area contributed by atoms with Crippen molar-refractivity contribution < 1.29 is 10.2 Å². The van der Waals surface area contributed by atoms with E-state index in [1.54, 1.807) is 6.92 Å². The van der Waals surface area contributed by atoms with E-state index in [-0.39, 0.29) is 11.1 Å². The Hall–Kier alpha value is -0.280. The molecule has 0 bridgehead atoms. The lowest BCUT2D eigenvalue weighted by Crippen LogP contribution is -2.65. The minimum absolute atomic E-state index is 0.147. The fourth-order valence-electron chi connectivity index (χ4n) is 3.22. The van der Waals surface area contributed by atoms with Crippen LogP contribution < -0.4 is 11.1 Å². The van der Waals surface area contributed by atoms with Crippen LogP contribution in [0.4, 0.5) is 0 Å². The van der Waals surface area contributed by atoms with Crippen LogP contribution in [0.25, 0.3) is 0 Å². The maximum absolute atomic E-state index is 10.7. The van der Waals surface area contributed by atoms with Gasteiger partial charge in [0, 0.05) is 43.8 Å². The molecule has 2 unspecified atom stereocenters. The first kappa shape index (κ1) is 26.7. The van der Waals surface area contributed by atoms with E-state index in [0.717, 1.165) is 26.1 Å². The van der Waals surface area contributed by atoms with Gasteiger partial charge in [0.05, 0.1) is 12.2 Å². The van der Waals surface area contributed by atoms with E-state index in [4.69, 9.17) is 5.73 Å². The van der Waals surface area contributed by atoms with Gasteiger partial charge in [-0.25, -0.2) is 0 Å². The average Bonchev–Trinajstić information content (AvgIpc) is 2.51. The number of nitrogens with one attached hydrogen (secondary N) is 1. The first-order valence-corrected chi connectivity index (χ1v) is 10.2. The summed E-state index contributed by atoms with van der Waals surface area (Å²) in [4.78, 5) is 6.53. The second-order valence-electron chi connectivity index (χ2n) is 9.20. The van der Waals surface area contributed by atoms with Crippen LogP contribution in [0, 0.1) is 0 Å². The second kappa shape index (κ2) is 12.3. The van der Waals surface area contributed by atoms with Gasteiger partial charge < -0.3 is 26.2 Å². The van der Waals surface area contributed by atoms with Gasteiger partial charge in [-0.15, -0.1) is 0 Å². The summed E-state index contributed by atoms with van der Waals surface area (Å²) in [6.07, 6.45) is 0.145. The van der Waals surface area contributed by atoms with Crippen LogP contribution in [-0.4, -0.2) is 115 Å². The Balaban J connectivity index is 4.77. The van der Waals surface area contributed by atoms with Crippen molar-refractivity contribution >= 4 is 0 Å². The predicted octanol–water partition coefficient (Wildman–Crippen LogP) is 0.0191. The molecule has 0 rings (SSSR count). The van der Waals surface area contributed by atoms with Crippen LogP contribution in [0.1, 0.15) is 41.0 Å². The fraction of sp³-hybridized carbons (Fsp3) is 1.00. The van der Waals surface area contributed by atoms with Crippen LogP contribution in [0.2, 0.25) is 0 Å². The van der Waals surface area contributed by atoms with Crippen molar-refractivity contribution in [2.75, 3.05) is 67.0 Å². The summed E-state index contributed by atoms with van der Waals surface area (Å²) < 4.78 is 0. The molecule has 7 nitrogen and oxygen atoms in total. The van der Waals surface area contributed by atoms with Crippen molar-refractivity contribution in [3.63, 3.8) is 0 Å². The van der Waals surface area contributed by atoms with E-state index in [0.29, 0.717) is 26.2 Å². The van der Waals surface area contributed by atoms with Crippen LogP contribution in [-0.2, 0) is 0 Å². The van der Waals surface area contributed by atoms with E-state index < -0.39 is 12.2 Å². The lowest BCUT2D eigenvalue weighted by Gasteiger charge is -2.49. The monoisotopic (exact) mass is 389 g/mol. The van der Waals surface area contributed by atoms with Crippen LogP contribution in [0.5, 0.6) is 0 Å². The van der Waals surface area contributed by atoms with Gasteiger partial charge in [0.25, 0.3) is 0 Å². The Kier molecular flexibility index (Phi) is 12.2. The molecule has 5 N–H and O–H groups in total. The molecule has 0 spiro atoms. The summed E-state index contributed by atoms with van der Waals surface area (Å²) >= 11 is 0. The fourth-order valence-corrected chi connectivity index (χ4v) is 3.22. The molecular weight excluding hydrogens is 342 g/mol. The van der Waals surface area contributed by atoms with Gasteiger partial charge in [-0.05, 0) is 75.3 Å². The Morgan fingerprint density at radius 1 is 0.963 bits per heavy atom. The van der Waals surface area contributed by atoms with Crippen molar-refractivity contribution in [2.45, 2.75) is 64.3 Å². The highest BCUT2D eigenvalue weighted by Crippen LogP contribution is 2.27. The van der Waals surface area contributed by atoms with Crippen molar-refractivity contribution in [1.82, 2.24) is 20.0 Å². The lowest BCUT2D eigenvalue weighted by atomic mass is 9.81. The number of likely N-dealkylation sites (N-methyl/N-ethyl adjacent to an activating group) is 1. The maximum Gasteiger partial charge on any atom is 0.0793 e. The molecule has 164 valence electrons. The highest BCUT2D eigenvalue weighted by atomic mass is 16.3. The first-order chi connectivity index (χ1) is 12.3. The zero-order valence-electron chi connectivity index (χ0n) is 19.1. The quantitative estimate of drug-likeness (QED) is 0.314. The van der Waals surface area contributed by atoms with E-state index in [9.17, 15) is 10.2 Å². The number of nitrogens with zero attached hydrogens (tertiary/aromatic N) is 3. The van der Waals surface area contributed by atoms with Gasteiger partial charge in [0.15, 0.2) is 0 Å². The second-order valence-corrected chi connectivity index (χ2v) is 9.20. The topological polar surface area (TPSA) is 88.2 Å². The van der Waals surface area contributed by atoms with E-state index in [1.165, 1.54) is 0 Å². The largest absolute Gasteiger partial charge is 0.392 e. The standard InChI is InChI=1S/C20H47N5O2/c1-17(26)14-25(13-9-12-23(6)7)16-18(27)15-24(8)20(4,5)19(2,3)22-11-10-21/h17-18,22,26-27H,9-16,21H2,1-8H3. The number of β-amino-alcohol motifs (C(OH)–C–C–N with tert-alkyl or cyclic N) is 1. The highest BCUT2D eigenvalue weighted by Gasteiger charge is 2.40. The molecule has 0 heterocycles. The smallest absolute Gasteiger partial charge is 0.0793 e. The normalized spacial score (nSPS) is 15.8. The maximum atomic E-state index is 10.7. The summed E-state index contributed by atoms with van der Waals surface area (Å²) in [7, 11) is 6.18. The number of nitrogens with two attached hydrogens (primary N) is 1. The predicted molar refractivity (Wildman–Crippen MR) is 115 cm³/mol. The Morgan fingerprint density at radius 2 is 1.56 bits per heavy atom. The van der Waals surface area contributed by atoms with Gasteiger partial charge in [0.1, 0.15) is 0 Å². The zero-order valence-corrected chi connectivity index (χ0v) is 19.1. The molecule has 0 aromatic rings. The summed E-state index contributed by atoms with van der Waals surface area (Å²) in [6.45, 7) is 15.5. The third kappa shape index (κ3) is 10.2. The summed E-state index contributed by atoms with van der Waals surface area (Å²) in [5.41, 5.74) is 5.33. The number of hydrogen-bond donors (Lipinski definition) is 4. The van der Waals surface area contributed by atoms with Gasteiger partial charge in [-0.2, -0.15) is 0 Å². The minimum atomic E-state index is -0.474. The van der Waals surface area contributed by atoms with E-state index in [2.05, 4.69) is 68.9 Å². The third-order valence-corrected chi connectivity index (χ3v) is 5.75. The number of aliphatic hydroxyl groups excluding tert-OH is 2. The molecule has 0 aliphatic carbocycles. The third-order valence-electron chi connectivity index (χ3n) is 5.75. The van der Waals surface area contributed by atoms with Crippen LogP contribution in [0.3, 0.4) is 0 Å². The first-order valence-electron chi connectivity index (χ1n) is 10.2. The molecule has 2 atom stereocenters. The molecule has 27 heavy (non-hydrogen) atoms. The zero-order chi connectivity index (χ0) is 21.3. The van der Waals surface area contributed by atoms with Crippen LogP contribution in [0.15, 0.2) is 0 Å². The molecule has 7 heteroatoms. The van der Waals surface area contributed by atoms with Crippen molar-refractivity contribution in [2.24, 2.45) is 5.73 Å². The van der Waals surface area contributed by atoms with Gasteiger partial charge in [0.2, 0.25) is 0 Å². The summed E-state index contributed by atoms with van der Waals surface area (Å²) in [6, 6.07) is 0. The molecule has 0 aromatic carbocycles. The SMILES string of the molecule is CC(O)CN(CCCN(C)C)CC(O)CN(C)C(C)(C)C(C)(C)NCCN.